The van der Waals surface area contributed by atoms with Crippen molar-refractivity contribution in [3.63, 3.8) is 0 Å². The third-order valence-electron chi connectivity index (χ3n) is 4.22. The van der Waals surface area contributed by atoms with Gasteiger partial charge in [-0.25, -0.2) is 0 Å². The Hall–Kier alpha value is -0.120. The molecule has 16 heavy (non-hydrogen) atoms. The van der Waals surface area contributed by atoms with E-state index < -0.39 is 0 Å². The molecule has 2 aliphatic rings. The van der Waals surface area contributed by atoms with Crippen molar-refractivity contribution in [2.24, 2.45) is 11.8 Å². The third-order valence-corrected chi connectivity index (χ3v) is 4.22. The minimum Gasteiger partial charge on any atom is -0.377 e. The van der Waals surface area contributed by atoms with Crippen molar-refractivity contribution < 1.29 is 4.74 Å². The zero-order valence-electron chi connectivity index (χ0n) is 10.3. The number of ether oxygens (including phenoxy) is 1. The summed E-state index contributed by atoms with van der Waals surface area (Å²) < 4.78 is 5.88. The standard InChI is InChI=1S/C13H26N2O/c14-15-13(12-9-5-6-10-16-12)11-7-3-1-2-4-8-11/h11-13,15H,1-10,14H2. The van der Waals surface area contributed by atoms with Gasteiger partial charge in [-0.15, -0.1) is 0 Å². The molecule has 0 radical (unpaired) electrons. The summed E-state index contributed by atoms with van der Waals surface area (Å²) in [5.41, 5.74) is 3.04. The highest BCUT2D eigenvalue weighted by Crippen LogP contribution is 2.29. The summed E-state index contributed by atoms with van der Waals surface area (Å²) in [4.78, 5) is 0. The Bertz CT molecular complexity index is 184. The molecular weight excluding hydrogens is 200 g/mol. The molecule has 1 saturated carbocycles. The first kappa shape index (κ1) is 12.3. The zero-order valence-corrected chi connectivity index (χ0v) is 10.3. The van der Waals surface area contributed by atoms with Gasteiger partial charge in [0, 0.05) is 6.61 Å². The van der Waals surface area contributed by atoms with Crippen LogP contribution in [0.3, 0.4) is 0 Å². The summed E-state index contributed by atoms with van der Waals surface area (Å²) in [6.07, 6.45) is 12.3. The lowest BCUT2D eigenvalue weighted by atomic mass is 9.86. The Morgan fingerprint density at radius 3 is 2.19 bits per heavy atom. The number of hydrazine groups is 1. The van der Waals surface area contributed by atoms with E-state index in [1.54, 1.807) is 0 Å². The average molecular weight is 226 g/mol. The molecule has 3 N–H and O–H groups in total. The van der Waals surface area contributed by atoms with Crippen LogP contribution in [-0.2, 0) is 4.74 Å². The summed E-state index contributed by atoms with van der Waals surface area (Å²) in [6, 6.07) is 0.387. The van der Waals surface area contributed by atoms with E-state index in [9.17, 15) is 0 Å². The van der Waals surface area contributed by atoms with Crippen LogP contribution >= 0.6 is 0 Å². The molecule has 3 heteroatoms. The van der Waals surface area contributed by atoms with Gasteiger partial charge in [-0.3, -0.25) is 11.3 Å². The Morgan fingerprint density at radius 2 is 1.62 bits per heavy atom. The van der Waals surface area contributed by atoms with Crippen molar-refractivity contribution in [1.82, 2.24) is 5.43 Å². The number of hydrogen-bond donors (Lipinski definition) is 2. The van der Waals surface area contributed by atoms with E-state index in [-0.39, 0.29) is 0 Å². The molecular formula is C13H26N2O. The molecule has 0 bridgehead atoms. The van der Waals surface area contributed by atoms with Gasteiger partial charge < -0.3 is 4.74 Å². The Kier molecular flexibility index (Phi) is 5.07. The number of rotatable bonds is 3. The first-order chi connectivity index (χ1) is 7.92. The van der Waals surface area contributed by atoms with Crippen molar-refractivity contribution in [3.05, 3.63) is 0 Å². The summed E-state index contributed by atoms with van der Waals surface area (Å²) in [6.45, 7) is 0.926. The molecule has 0 aromatic rings. The summed E-state index contributed by atoms with van der Waals surface area (Å²) in [7, 11) is 0. The molecule has 1 heterocycles. The SMILES string of the molecule is NNC(C1CCCCCC1)C1CCCCO1. The van der Waals surface area contributed by atoms with Crippen LogP contribution in [0.2, 0.25) is 0 Å². The second kappa shape index (κ2) is 6.58. The molecule has 2 rings (SSSR count). The maximum Gasteiger partial charge on any atom is 0.0744 e. The molecule has 2 fully saturated rings. The Morgan fingerprint density at radius 1 is 0.938 bits per heavy atom. The van der Waals surface area contributed by atoms with Crippen molar-refractivity contribution >= 4 is 0 Å². The minimum atomic E-state index is 0.363. The maximum absolute atomic E-state index is 5.88. The van der Waals surface area contributed by atoms with Gasteiger partial charge in [0.25, 0.3) is 0 Å². The van der Waals surface area contributed by atoms with Gasteiger partial charge in [0.15, 0.2) is 0 Å². The molecule has 0 amide bonds. The van der Waals surface area contributed by atoms with Crippen molar-refractivity contribution in [2.75, 3.05) is 6.61 Å². The van der Waals surface area contributed by atoms with E-state index in [1.807, 2.05) is 0 Å². The van der Waals surface area contributed by atoms with Gasteiger partial charge in [0.2, 0.25) is 0 Å². The van der Waals surface area contributed by atoms with Gasteiger partial charge >= 0.3 is 0 Å². The zero-order chi connectivity index (χ0) is 11.2. The van der Waals surface area contributed by atoms with Crippen LogP contribution in [0.25, 0.3) is 0 Å². The topological polar surface area (TPSA) is 47.3 Å². The second-order valence-electron chi connectivity index (χ2n) is 5.35. The predicted molar refractivity (Wildman–Crippen MR) is 65.9 cm³/mol. The van der Waals surface area contributed by atoms with Gasteiger partial charge in [0.05, 0.1) is 12.1 Å². The quantitative estimate of drug-likeness (QED) is 0.441. The Balaban J connectivity index is 1.90. The summed E-state index contributed by atoms with van der Waals surface area (Å²) >= 11 is 0. The largest absolute Gasteiger partial charge is 0.377 e. The van der Waals surface area contributed by atoms with Crippen LogP contribution in [0, 0.1) is 5.92 Å². The fraction of sp³-hybridized carbons (Fsp3) is 1.00. The minimum absolute atomic E-state index is 0.363. The van der Waals surface area contributed by atoms with Crippen LogP contribution in [0.1, 0.15) is 57.8 Å². The molecule has 3 nitrogen and oxygen atoms in total. The fourth-order valence-corrected chi connectivity index (χ4v) is 3.27. The monoisotopic (exact) mass is 226 g/mol. The van der Waals surface area contributed by atoms with E-state index in [2.05, 4.69) is 5.43 Å². The maximum atomic E-state index is 5.88. The first-order valence-electron chi connectivity index (χ1n) is 6.99. The lowest BCUT2D eigenvalue weighted by Gasteiger charge is -2.35. The number of nitrogens with one attached hydrogen (secondary N) is 1. The van der Waals surface area contributed by atoms with Crippen LogP contribution in [-0.4, -0.2) is 18.8 Å². The molecule has 1 aliphatic carbocycles. The van der Waals surface area contributed by atoms with Crippen LogP contribution in [0.5, 0.6) is 0 Å². The fourth-order valence-electron chi connectivity index (χ4n) is 3.27. The van der Waals surface area contributed by atoms with E-state index in [1.165, 1.54) is 57.8 Å². The first-order valence-corrected chi connectivity index (χ1v) is 6.99. The highest BCUT2D eigenvalue weighted by atomic mass is 16.5. The van der Waals surface area contributed by atoms with Gasteiger partial charge in [-0.2, -0.15) is 0 Å². The van der Waals surface area contributed by atoms with E-state index in [0.29, 0.717) is 12.1 Å². The molecule has 0 aromatic carbocycles. The highest BCUT2D eigenvalue weighted by molar-refractivity contribution is 4.85. The second-order valence-corrected chi connectivity index (χ2v) is 5.35. The molecule has 2 unspecified atom stereocenters. The number of hydrogen-bond acceptors (Lipinski definition) is 3. The van der Waals surface area contributed by atoms with Crippen LogP contribution < -0.4 is 11.3 Å². The summed E-state index contributed by atoms with van der Waals surface area (Å²) in [5, 5.41) is 0. The van der Waals surface area contributed by atoms with E-state index in [0.717, 1.165) is 12.5 Å². The predicted octanol–water partition coefficient (Wildman–Crippen LogP) is 2.36. The average Bonchev–Trinajstić information content (AvgIpc) is 2.61. The summed E-state index contributed by atoms with van der Waals surface area (Å²) in [5.74, 6) is 6.49. The lowest BCUT2D eigenvalue weighted by Crippen LogP contribution is -2.50. The van der Waals surface area contributed by atoms with Crippen molar-refractivity contribution in [1.29, 1.82) is 0 Å². The molecule has 0 spiro atoms. The molecule has 1 aliphatic heterocycles. The van der Waals surface area contributed by atoms with Gasteiger partial charge in [-0.1, -0.05) is 25.7 Å². The molecule has 0 aromatic heterocycles. The smallest absolute Gasteiger partial charge is 0.0744 e. The van der Waals surface area contributed by atoms with Crippen LogP contribution in [0.4, 0.5) is 0 Å². The van der Waals surface area contributed by atoms with Crippen molar-refractivity contribution in [3.8, 4) is 0 Å². The number of nitrogens with two attached hydrogens (primary N) is 1. The molecule has 2 atom stereocenters. The van der Waals surface area contributed by atoms with Crippen molar-refractivity contribution in [2.45, 2.75) is 69.9 Å². The van der Waals surface area contributed by atoms with E-state index in [4.69, 9.17) is 10.6 Å². The lowest BCUT2D eigenvalue weighted by molar-refractivity contribution is -0.0228. The highest BCUT2D eigenvalue weighted by Gasteiger charge is 2.30. The Labute approximate surface area is 99.1 Å². The molecule has 1 saturated heterocycles. The third kappa shape index (κ3) is 3.19. The molecule has 94 valence electrons. The van der Waals surface area contributed by atoms with E-state index >= 15 is 0 Å². The van der Waals surface area contributed by atoms with Gasteiger partial charge in [0.1, 0.15) is 0 Å². The van der Waals surface area contributed by atoms with Gasteiger partial charge in [-0.05, 0) is 38.0 Å². The van der Waals surface area contributed by atoms with Crippen LogP contribution in [0.15, 0.2) is 0 Å². The normalized spacial score (nSPS) is 30.9.